The molecule has 0 aliphatic heterocycles. The lowest BCUT2D eigenvalue weighted by molar-refractivity contribution is -0.159. The molecule has 1 aromatic carbocycles. The van der Waals surface area contributed by atoms with Crippen LogP contribution in [-0.2, 0) is 14.4 Å². The molecule has 0 heterocycles. The number of halogens is 1. The Morgan fingerprint density at radius 1 is 1.39 bits per heavy atom. The van der Waals surface area contributed by atoms with Gasteiger partial charge in [-0.05, 0) is 25.8 Å². The fraction of sp³-hybridized carbons (Fsp3) is 0.500. The summed E-state index contributed by atoms with van der Waals surface area (Å²) in [5.41, 5.74) is 0.711. The number of carbonyl (C=O) groups excluding carboxylic acids is 1. The van der Waals surface area contributed by atoms with Crippen LogP contribution in [-0.4, -0.2) is 23.3 Å². The highest BCUT2D eigenvalue weighted by Crippen LogP contribution is 2.36. The molecule has 4 heteroatoms. The van der Waals surface area contributed by atoms with Gasteiger partial charge in [0.25, 0.3) is 0 Å². The zero-order valence-corrected chi connectivity index (χ0v) is 11.6. The first-order chi connectivity index (χ1) is 8.41. The van der Waals surface area contributed by atoms with Gasteiger partial charge in [-0.2, -0.15) is 0 Å². The predicted molar refractivity (Wildman–Crippen MR) is 71.5 cm³/mol. The largest absolute Gasteiger partial charge is 0.461 e. The van der Waals surface area contributed by atoms with Gasteiger partial charge in [0.15, 0.2) is 6.10 Å². The van der Waals surface area contributed by atoms with Gasteiger partial charge in [0, 0.05) is 0 Å². The Bertz CT molecular complexity index is 391. The number of aliphatic hydroxyl groups excluding tert-OH is 1. The minimum absolute atomic E-state index is 0.277. The molecular formula is C14H19ClO3. The van der Waals surface area contributed by atoms with Crippen LogP contribution in [0.15, 0.2) is 30.3 Å². The van der Waals surface area contributed by atoms with Crippen molar-refractivity contribution >= 4 is 17.6 Å². The minimum Gasteiger partial charge on any atom is -0.461 e. The van der Waals surface area contributed by atoms with Crippen molar-refractivity contribution in [3.05, 3.63) is 35.9 Å². The van der Waals surface area contributed by atoms with Crippen LogP contribution >= 0.6 is 11.6 Å². The summed E-state index contributed by atoms with van der Waals surface area (Å²) in [4.78, 5) is 10.6. The predicted octanol–water partition coefficient (Wildman–Crippen LogP) is 2.84. The Labute approximate surface area is 113 Å². The van der Waals surface area contributed by atoms with E-state index in [-0.39, 0.29) is 6.10 Å². The molecule has 0 saturated carbocycles. The molecule has 0 radical (unpaired) electrons. The number of hydrogen-bond acceptors (Lipinski definition) is 3. The maximum atomic E-state index is 11.8. The second-order valence-electron chi connectivity index (χ2n) is 4.47. The highest BCUT2D eigenvalue weighted by molar-refractivity contribution is 6.25. The first-order valence-corrected chi connectivity index (χ1v) is 6.42. The van der Waals surface area contributed by atoms with Gasteiger partial charge in [0.2, 0.25) is 0 Å². The van der Waals surface area contributed by atoms with E-state index in [9.17, 15) is 9.90 Å². The summed E-state index contributed by atoms with van der Waals surface area (Å²) in [5.74, 6) is -0.689. The zero-order valence-electron chi connectivity index (χ0n) is 10.9. The van der Waals surface area contributed by atoms with Gasteiger partial charge in [-0.15, -0.1) is 11.6 Å². The number of alkyl halides is 1. The number of ether oxygens (including phenoxy) is 1. The molecule has 0 fully saturated rings. The summed E-state index contributed by atoms with van der Waals surface area (Å²) in [6, 6.07) is 9.09. The van der Waals surface area contributed by atoms with Crippen molar-refractivity contribution in [1.82, 2.24) is 0 Å². The lowest BCUT2D eigenvalue weighted by atomic mass is 9.90. The van der Waals surface area contributed by atoms with Crippen molar-refractivity contribution in [3.8, 4) is 0 Å². The molecular weight excluding hydrogens is 252 g/mol. The Hall–Kier alpha value is -1.06. The third kappa shape index (κ3) is 3.24. The lowest BCUT2D eigenvalue weighted by Gasteiger charge is -2.30. The van der Waals surface area contributed by atoms with E-state index in [4.69, 9.17) is 16.3 Å². The minimum atomic E-state index is -1.38. The van der Waals surface area contributed by atoms with Crippen LogP contribution in [0.3, 0.4) is 0 Å². The fourth-order valence-electron chi connectivity index (χ4n) is 1.75. The maximum Gasteiger partial charge on any atom is 0.337 e. The van der Waals surface area contributed by atoms with Crippen LogP contribution in [0, 0.1) is 0 Å². The van der Waals surface area contributed by atoms with E-state index in [1.807, 2.05) is 25.1 Å². The average Bonchev–Trinajstić information content (AvgIpc) is 2.37. The first-order valence-electron chi connectivity index (χ1n) is 6.04. The van der Waals surface area contributed by atoms with Crippen LogP contribution in [0.1, 0.15) is 32.8 Å². The van der Waals surface area contributed by atoms with E-state index >= 15 is 0 Å². The second kappa shape index (κ2) is 6.21. The molecule has 0 spiro atoms. The van der Waals surface area contributed by atoms with E-state index in [2.05, 4.69) is 0 Å². The van der Waals surface area contributed by atoms with E-state index < -0.39 is 16.9 Å². The maximum absolute atomic E-state index is 11.8. The molecule has 0 bridgehead atoms. The standard InChI is InChI=1S/C14H19ClO3/c1-4-14(15,11-8-6-5-7-9-11)12(16)13(17)18-10(2)3/h5-10,12,16H,4H2,1-3H3/t12-,14-/m1/s1. The van der Waals surface area contributed by atoms with Crippen molar-refractivity contribution in [1.29, 1.82) is 0 Å². The van der Waals surface area contributed by atoms with Gasteiger partial charge in [0.1, 0.15) is 4.87 Å². The van der Waals surface area contributed by atoms with Gasteiger partial charge in [-0.1, -0.05) is 37.3 Å². The summed E-state index contributed by atoms with van der Waals surface area (Å²) < 4.78 is 5.01. The molecule has 3 nitrogen and oxygen atoms in total. The second-order valence-corrected chi connectivity index (χ2v) is 5.14. The smallest absolute Gasteiger partial charge is 0.337 e. The van der Waals surface area contributed by atoms with Crippen LogP contribution in [0.2, 0.25) is 0 Å². The van der Waals surface area contributed by atoms with Crippen LogP contribution in [0.4, 0.5) is 0 Å². The topological polar surface area (TPSA) is 46.5 Å². The van der Waals surface area contributed by atoms with Crippen molar-refractivity contribution < 1.29 is 14.6 Å². The summed E-state index contributed by atoms with van der Waals surface area (Å²) in [7, 11) is 0. The summed E-state index contributed by atoms with van der Waals surface area (Å²) in [6.45, 7) is 5.29. The van der Waals surface area contributed by atoms with E-state index in [0.29, 0.717) is 12.0 Å². The third-order valence-corrected chi connectivity index (χ3v) is 3.47. The zero-order chi connectivity index (χ0) is 13.8. The van der Waals surface area contributed by atoms with Gasteiger partial charge < -0.3 is 9.84 Å². The molecule has 1 aromatic rings. The Morgan fingerprint density at radius 2 is 1.94 bits per heavy atom. The molecule has 0 unspecified atom stereocenters. The summed E-state index contributed by atoms with van der Waals surface area (Å²) in [5, 5.41) is 10.1. The quantitative estimate of drug-likeness (QED) is 0.661. The Kier molecular flexibility index (Phi) is 5.17. The third-order valence-electron chi connectivity index (χ3n) is 2.78. The molecule has 0 aliphatic carbocycles. The van der Waals surface area contributed by atoms with E-state index in [0.717, 1.165) is 0 Å². The number of benzene rings is 1. The molecule has 18 heavy (non-hydrogen) atoms. The Morgan fingerprint density at radius 3 is 2.39 bits per heavy atom. The summed E-state index contributed by atoms with van der Waals surface area (Å²) in [6.07, 6.45) is -1.23. The van der Waals surface area contributed by atoms with Gasteiger partial charge >= 0.3 is 5.97 Å². The molecule has 0 aliphatic rings. The van der Waals surface area contributed by atoms with Crippen molar-refractivity contribution in [2.24, 2.45) is 0 Å². The number of carbonyl (C=O) groups is 1. The highest BCUT2D eigenvalue weighted by Gasteiger charge is 2.41. The molecule has 0 saturated heterocycles. The molecule has 100 valence electrons. The van der Waals surface area contributed by atoms with Crippen molar-refractivity contribution in [3.63, 3.8) is 0 Å². The SMILES string of the molecule is CC[C@@](Cl)(c1ccccc1)[C@H](O)C(=O)OC(C)C. The Balaban J connectivity index is 2.98. The molecule has 0 aromatic heterocycles. The van der Waals surface area contributed by atoms with E-state index in [1.165, 1.54) is 0 Å². The monoisotopic (exact) mass is 270 g/mol. The van der Waals surface area contributed by atoms with E-state index in [1.54, 1.807) is 26.0 Å². The van der Waals surface area contributed by atoms with Gasteiger partial charge in [0.05, 0.1) is 6.10 Å². The lowest BCUT2D eigenvalue weighted by Crippen LogP contribution is -2.41. The molecule has 1 rings (SSSR count). The number of aliphatic hydroxyl groups is 1. The average molecular weight is 271 g/mol. The van der Waals surface area contributed by atoms with Crippen molar-refractivity contribution in [2.75, 3.05) is 0 Å². The first kappa shape index (κ1) is 15.0. The number of hydrogen-bond donors (Lipinski definition) is 1. The molecule has 1 N–H and O–H groups in total. The van der Waals surface area contributed by atoms with Crippen molar-refractivity contribution in [2.45, 2.75) is 44.3 Å². The summed E-state index contributed by atoms with van der Waals surface area (Å²) >= 11 is 6.43. The van der Waals surface area contributed by atoms with Gasteiger partial charge in [-0.25, -0.2) is 4.79 Å². The van der Waals surface area contributed by atoms with Gasteiger partial charge in [-0.3, -0.25) is 0 Å². The number of rotatable bonds is 5. The fourth-order valence-corrected chi connectivity index (χ4v) is 1.97. The van der Waals surface area contributed by atoms with Crippen LogP contribution in [0.5, 0.6) is 0 Å². The molecule has 2 atom stereocenters. The van der Waals surface area contributed by atoms with Crippen LogP contribution < -0.4 is 0 Å². The normalized spacial score (nSPS) is 16.1. The number of esters is 1. The van der Waals surface area contributed by atoms with Crippen LogP contribution in [0.25, 0.3) is 0 Å². The molecule has 0 amide bonds. The highest BCUT2D eigenvalue weighted by atomic mass is 35.5.